The number of amides is 1. The van der Waals surface area contributed by atoms with Gasteiger partial charge in [-0.15, -0.1) is 0 Å². The summed E-state index contributed by atoms with van der Waals surface area (Å²) in [5, 5.41) is 6.37. The van der Waals surface area contributed by atoms with Gasteiger partial charge < -0.3 is 5.32 Å². The smallest absolute Gasteiger partial charge is 0.349 e. The molecule has 2 heterocycles. The van der Waals surface area contributed by atoms with Gasteiger partial charge in [0.25, 0.3) is 5.91 Å². The van der Waals surface area contributed by atoms with Crippen molar-refractivity contribution in [3.8, 4) is 5.69 Å². The van der Waals surface area contributed by atoms with Gasteiger partial charge in [-0.25, -0.2) is 17.4 Å². The van der Waals surface area contributed by atoms with Gasteiger partial charge in [0.1, 0.15) is 0 Å². The number of alkyl halides is 3. The number of hydrogen-bond acceptors (Lipinski definition) is 4. The van der Waals surface area contributed by atoms with Crippen LogP contribution in [0.15, 0.2) is 30.5 Å². The van der Waals surface area contributed by atoms with Crippen LogP contribution in [0.5, 0.6) is 0 Å². The first-order valence-corrected chi connectivity index (χ1v) is 10.8. The van der Waals surface area contributed by atoms with Crippen molar-refractivity contribution in [2.24, 2.45) is 0 Å². The zero-order valence-corrected chi connectivity index (χ0v) is 16.7. The molecule has 158 valence electrons. The summed E-state index contributed by atoms with van der Waals surface area (Å²) in [5.74, 6) is -0.881. The third kappa shape index (κ3) is 4.78. The van der Waals surface area contributed by atoms with Crippen LogP contribution in [0.4, 0.5) is 13.2 Å². The molecule has 0 unspecified atom stereocenters. The summed E-state index contributed by atoms with van der Waals surface area (Å²) in [4.78, 5) is 12.6. The molecule has 1 fully saturated rings. The van der Waals surface area contributed by atoms with Gasteiger partial charge in [-0.2, -0.15) is 18.3 Å². The van der Waals surface area contributed by atoms with Gasteiger partial charge in [0.05, 0.1) is 23.7 Å². The van der Waals surface area contributed by atoms with E-state index in [1.165, 1.54) is 16.4 Å². The van der Waals surface area contributed by atoms with E-state index in [4.69, 9.17) is 0 Å². The molecule has 0 radical (unpaired) electrons. The Morgan fingerprint density at radius 1 is 1.17 bits per heavy atom. The number of aromatic nitrogens is 2. The molecule has 0 spiro atoms. The number of halogens is 3. The van der Waals surface area contributed by atoms with E-state index in [9.17, 15) is 26.4 Å². The lowest BCUT2D eigenvalue weighted by molar-refractivity contribution is -0.143. The molecule has 29 heavy (non-hydrogen) atoms. The number of hydrogen-bond donors (Lipinski definition) is 1. The largest absolute Gasteiger partial charge is 0.434 e. The second kappa shape index (κ2) is 7.79. The molecule has 0 aliphatic carbocycles. The predicted octanol–water partition coefficient (Wildman–Crippen LogP) is 2.35. The van der Waals surface area contributed by atoms with Crippen LogP contribution in [0.2, 0.25) is 0 Å². The molecule has 11 heteroatoms. The monoisotopic (exact) mass is 430 g/mol. The van der Waals surface area contributed by atoms with Crippen LogP contribution in [-0.2, 0) is 16.2 Å². The van der Waals surface area contributed by atoms with Crippen LogP contribution in [0, 0.1) is 6.92 Å². The van der Waals surface area contributed by atoms with Crippen molar-refractivity contribution in [2.45, 2.75) is 32.0 Å². The van der Waals surface area contributed by atoms with E-state index in [1.54, 1.807) is 12.1 Å². The van der Waals surface area contributed by atoms with Crippen molar-refractivity contribution >= 4 is 15.9 Å². The molecule has 1 aliphatic rings. The third-order valence-electron chi connectivity index (χ3n) is 4.82. The molecule has 7 nitrogen and oxygen atoms in total. The van der Waals surface area contributed by atoms with E-state index in [2.05, 4.69) is 10.4 Å². The van der Waals surface area contributed by atoms with Gasteiger partial charge in [0.15, 0.2) is 5.69 Å². The fourth-order valence-electron chi connectivity index (χ4n) is 3.26. The number of carbonyl (C=O) groups excluding carboxylic acids is 1. The quantitative estimate of drug-likeness (QED) is 0.807. The minimum atomic E-state index is -4.78. The lowest BCUT2D eigenvalue weighted by Crippen LogP contribution is -2.46. The van der Waals surface area contributed by atoms with E-state index in [0.717, 1.165) is 18.0 Å². The van der Waals surface area contributed by atoms with Crippen LogP contribution in [-0.4, -0.2) is 53.8 Å². The Hall–Kier alpha value is -2.40. The van der Waals surface area contributed by atoms with E-state index < -0.39 is 39.4 Å². The highest BCUT2D eigenvalue weighted by atomic mass is 32.2. The first-order chi connectivity index (χ1) is 13.5. The molecule has 2 aromatic rings. The predicted molar refractivity (Wildman–Crippen MR) is 100 cm³/mol. The van der Waals surface area contributed by atoms with Crippen molar-refractivity contribution in [3.63, 3.8) is 0 Å². The highest BCUT2D eigenvalue weighted by Crippen LogP contribution is 2.33. The minimum Gasteiger partial charge on any atom is -0.349 e. The fourth-order valence-corrected chi connectivity index (χ4v) is 4.14. The Morgan fingerprint density at radius 2 is 1.76 bits per heavy atom. The normalized spacial score (nSPS) is 16.7. The lowest BCUT2D eigenvalue weighted by atomic mass is 10.1. The number of rotatable bonds is 4. The zero-order chi connectivity index (χ0) is 21.4. The lowest BCUT2D eigenvalue weighted by Gasteiger charge is -2.30. The Balaban J connectivity index is 1.82. The molecule has 1 amide bonds. The van der Waals surface area contributed by atoms with Gasteiger partial charge in [-0.1, -0.05) is 17.7 Å². The molecule has 1 aromatic heterocycles. The summed E-state index contributed by atoms with van der Waals surface area (Å²) >= 11 is 0. The molecule has 0 bridgehead atoms. The summed E-state index contributed by atoms with van der Waals surface area (Å²) in [5.41, 5.74) is -0.632. The van der Waals surface area contributed by atoms with Crippen molar-refractivity contribution in [3.05, 3.63) is 47.3 Å². The zero-order valence-electron chi connectivity index (χ0n) is 15.9. The Bertz CT molecular complexity index is 992. The Labute approximate surface area is 166 Å². The highest BCUT2D eigenvalue weighted by molar-refractivity contribution is 7.88. The molecule has 1 saturated heterocycles. The first kappa shape index (κ1) is 21.3. The first-order valence-electron chi connectivity index (χ1n) is 8.95. The molecular formula is C18H21F3N4O3S. The molecule has 1 aliphatic heterocycles. The second-order valence-electron chi connectivity index (χ2n) is 7.06. The number of piperidine rings is 1. The van der Waals surface area contributed by atoms with Crippen molar-refractivity contribution in [2.75, 3.05) is 19.3 Å². The van der Waals surface area contributed by atoms with Crippen LogP contribution >= 0.6 is 0 Å². The average Bonchev–Trinajstić information content (AvgIpc) is 3.08. The number of carbonyl (C=O) groups is 1. The van der Waals surface area contributed by atoms with Gasteiger partial charge in [-0.05, 0) is 31.9 Å². The average molecular weight is 430 g/mol. The van der Waals surface area contributed by atoms with Crippen LogP contribution in [0.25, 0.3) is 5.69 Å². The fraction of sp³-hybridized carbons (Fsp3) is 0.444. The van der Waals surface area contributed by atoms with Crippen LogP contribution in [0.1, 0.15) is 34.5 Å². The Kier molecular flexibility index (Phi) is 5.72. The van der Waals surface area contributed by atoms with E-state index >= 15 is 0 Å². The molecule has 0 atom stereocenters. The number of nitrogens with one attached hydrogen (secondary N) is 1. The summed E-state index contributed by atoms with van der Waals surface area (Å²) in [7, 11) is -3.33. The van der Waals surface area contributed by atoms with E-state index in [-0.39, 0.29) is 18.8 Å². The van der Waals surface area contributed by atoms with E-state index in [0.29, 0.717) is 17.5 Å². The topological polar surface area (TPSA) is 84.3 Å². The van der Waals surface area contributed by atoms with Crippen molar-refractivity contribution < 1.29 is 26.4 Å². The minimum absolute atomic E-state index is 0.198. The van der Waals surface area contributed by atoms with Gasteiger partial charge in [0.2, 0.25) is 10.0 Å². The maximum absolute atomic E-state index is 13.7. The van der Waals surface area contributed by atoms with E-state index in [1.807, 2.05) is 6.92 Å². The standard InChI is InChI=1S/C18H21F3N4O3S/c1-12-3-5-14(6-4-12)25-16(18(19,20)21)15(11-22-25)17(26)23-13-7-9-24(10-8-13)29(2,27)28/h3-6,11,13H,7-10H2,1-2H3,(H,23,26). The van der Waals surface area contributed by atoms with Gasteiger partial charge in [-0.3, -0.25) is 4.79 Å². The molecular weight excluding hydrogens is 409 g/mol. The SMILES string of the molecule is Cc1ccc(-n2ncc(C(=O)NC3CCN(S(C)(=O)=O)CC3)c2C(F)(F)F)cc1. The maximum atomic E-state index is 13.7. The molecule has 0 saturated carbocycles. The number of aryl methyl sites for hydroxylation is 1. The second-order valence-corrected chi connectivity index (χ2v) is 9.04. The van der Waals surface area contributed by atoms with Crippen molar-refractivity contribution in [1.82, 2.24) is 19.4 Å². The third-order valence-corrected chi connectivity index (χ3v) is 6.12. The number of benzene rings is 1. The summed E-state index contributed by atoms with van der Waals surface area (Å²) in [6.45, 7) is 2.22. The molecule has 3 rings (SSSR count). The molecule has 1 N–H and O–H groups in total. The maximum Gasteiger partial charge on any atom is 0.434 e. The van der Waals surface area contributed by atoms with Crippen molar-refractivity contribution in [1.29, 1.82) is 0 Å². The van der Waals surface area contributed by atoms with Gasteiger partial charge >= 0.3 is 6.18 Å². The van der Waals surface area contributed by atoms with Gasteiger partial charge in [0, 0.05) is 19.1 Å². The van der Waals surface area contributed by atoms with Crippen LogP contribution in [0.3, 0.4) is 0 Å². The summed E-state index contributed by atoms with van der Waals surface area (Å²) < 4.78 is 66.2. The Morgan fingerprint density at radius 3 is 2.28 bits per heavy atom. The summed E-state index contributed by atoms with van der Waals surface area (Å²) in [6, 6.07) is 5.91. The van der Waals surface area contributed by atoms with Crippen LogP contribution < -0.4 is 5.32 Å². The highest BCUT2D eigenvalue weighted by Gasteiger charge is 2.41. The molecule has 1 aromatic carbocycles. The number of nitrogens with zero attached hydrogens (tertiary/aromatic N) is 3. The summed E-state index contributed by atoms with van der Waals surface area (Å²) in [6.07, 6.45) is -2.13. The number of sulfonamides is 1.